The lowest BCUT2D eigenvalue weighted by atomic mass is 10.2. The first-order valence-corrected chi connectivity index (χ1v) is 4.00. The van der Waals surface area contributed by atoms with Crippen molar-refractivity contribution >= 4 is 24.2 Å². The summed E-state index contributed by atoms with van der Waals surface area (Å²) < 4.78 is 4.53. The molecule has 1 aromatic heterocycles. The molecule has 2 rings (SSSR count). The average Bonchev–Trinajstić information content (AvgIpc) is 2.63. The number of ether oxygens (including phenoxy) is 1. The van der Waals surface area contributed by atoms with Crippen LogP contribution in [0.5, 0.6) is 0 Å². The van der Waals surface area contributed by atoms with E-state index in [1.54, 1.807) is 6.07 Å². The van der Waals surface area contributed by atoms with Gasteiger partial charge in [-0.15, -0.1) is 22.6 Å². The highest BCUT2D eigenvalue weighted by atomic mass is 35.5. The number of nitrogens with one attached hydrogen (secondary N) is 1. The molecule has 1 aromatic rings. The predicted octanol–water partition coefficient (Wildman–Crippen LogP) is 0.653. The highest BCUT2D eigenvalue weighted by molar-refractivity contribution is 5.87. The van der Waals surface area contributed by atoms with Crippen LogP contribution < -0.4 is 5.32 Å². The Balaban J connectivity index is 0.000000980. The van der Waals surface area contributed by atoms with Gasteiger partial charge in [0.25, 0.3) is 0 Å². The van der Waals surface area contributed by atoms with Crippen molar-refractivity contribution in [3.8, 4) is 0 Å². The highest BCUT2D eigenvalue weighted by Gasteiger charge is 2.16. The Morgan fingerprint density at radius 3 is 3.07 bits per heavy atom. The zero-order valence-corrected chi connectivity index (χ0v) is 8.43. The van der Waals surface area contributed by atoms with Gasteiger partial charge >= 0.3 is 5.97 Å². The Morgan fingerprint density at radius 1 is 1.57 bits per heavy atom. The van der Waals surface area contributed by atoms with Crippen molar-refractivity contribution in [2.24, 2.45) is 0 Å². The van der Waals surface area contributed by atoms with E-state index < -0.39 is 5.97 Å². The first-order chi connectivity index (χ1) is 6.31. The van der Waals surface area contributed by atoms with Gasteiger partial charge in [-0.1, -0.05) is 0 Å². The van der Waals surface area contributed by atoms with Crippen molar-refractivity contribution in [2.45, 2.75) is 6.42 Å². The second-order valence-electron chi connectivity index (χ2n) is 2.77. The molecule has 0 saturated heterocycles. The molecule has 0 saturated carbocycles. The number of nitrogens with zero attached hydrogens (tertiary/aromatic N) is 2. The van der Waals surface area contributed by atoms with Crippen molar-refractivity contribution < 1.29 is 9.53 Å². The third-order valence-electron chi connectivity index (χ3n) is 1.95. The summed E-state index contributed by atoms with van der Waals surface area (Å²) in [6, 6.07) is 1.72. The van der Waals surface area contributed by atoms with Gasteiger partial charge in [-0.2, -0.15) is 0 Å². The van der Waals surface area contributed by atoms with Crippen molar-refractivity contribution in [1.29, 1.82) is 0 Å². The first-order valence-electron chi connectivity index (χ1n) is 4.00. The fraction of sp³-hybridized carbons (Fsp3) is 0.375. The molecular weight excluding hydrogens is 206 g/mol. The minimum absolute atomic E-state index is 0. The molecule has 0 aliphatic carbocycles. The van der Waals surface area contributed by atoms with Crippen LogP contribution in [-0.4, -0.2) is 29.8 Å². The van der Waals surface area contributed by atoms with Gasteiger partial charge in [0.2, 0.25) is 0 Å². The fourth-order valence-corrected chi connectivity index (χ4v) is 1.29. The Kier molecular flexibility index (Phi) is 3.24. The van der Waals surface area contributed by atoms with Crippen molar-refractivity contribution in [1.82, 2.24) is 10.2 Å². The van der Waals surface area contributed by atoms with E-state index >= 15 is 0 Å². The molecular formula is C8H10ClN3O2. The number of rotatable bonds is 1. The van der Waals surface area contributed by atoms with Crippen LogP contribution in [0.2, 0.25) is 0 Å². The number of methoxy groups -OCH3 is 1. The zero-order chi connectivity index (χ0) is 9.26. The Morgan fingerprint density at radius 2 is 2.36 bits per heavy atom. The summed E-state index contributed by atoms with van der Waals surface area (Å²) in [5, 5.41) is 10.7. The molecule has 0 amide bonds. The normalized spacial score (nSPS) is 12.4. The molecule has 0 fully saturated rings. The van der Waals surface area contributed by atoms with Crippen molar-refractivity contribution in [2.75, 3.05) is 19.0 Å². The van der Waals surface area contributed by atoms with Crippen molar-refractivity contribution in [3.63, 3.8) is 0 Å². The summed E-state index contributed by atoms with van der Waals surface area (Å²) in [6.45, 7) is 0.856. The lowest BCUT2D eigenvalue weighted by Crippen LogP contribution is -2.06. The van der Waals surface area contributed by atoms with Crippen LogP contribution in [0.25, 0.3) is 0 Å². The van der Waals surface area contributed by atoms with E-state index in [9.17, 15) is 4.79 Å². The van der Waals surface area contributed by atoms with Crippen LogP contribution in [0.4, 0.5) is 5.82 Å². The Bertz CT molecular complexity index is 356. The van der Waals surface area contributed by atoms with Gasteiger partial charge in [0.1, 0.15) is 0 Å². The minimum Gasteiger partial charge on any atom is -0.464 e. The second-order valence-corrected chi connectivity index (χ2v) is 2.77. The van der Waals surface area contributed by atoms with Crippen LogP contribution in [0, 0.1) is 0 Å². The van der Waals surface area contributed by atoms with E-state index in [4.69, 9.17) is 0 Å². The molecule has 1 aliphatic heterocycles. The quantitative estimate of drug-likeness (QED) is 0.697. The number of hydrogen-bond donors (Lipinski definition) is 1. The van der Waals surface area contributed by atoms with Gasteiger partial charge in [0, 0.05) is 12.1 Å². The molecule has 0 atom stereocenters. The summed E-state index contributed by atoms with van der Waals surface area (Å²) in [5.74, 6) is 0.329. The topological polar surface area (TPSA) is 64.1 Å². The van der Waals surface area contributed by atoms with E-state index in [1.165, 1.54) is 7.11 Å². The fourth-order valence-electron chi connectivity index (χ4n) is 1.29. The van der Waals surface area contributed by atoms with E-state index in [0.717, 1.165) is 24.3 Å². The largest absolute Gasteiger partial charge is 0.464 e. The molecule has 14 heavy (non-hydrogen) atoms. The summed E-state index contributed by atoms with van der Waals surface area (Å²) in [5.41, 5.74) is 1.29. The molecule has 0 spiro atoms. The maximum absolute atomic E-state index is 11.1. The molecule has 1 aliphatic rings. The summed E-state index contributed by atoms with van der Waals surface area (Å²) in [6.07, 6.45) is 0.884. The number of esters is 1. The monoisotopic (exact) mass is 215 g/mol. The number of carbonyl (C=O) groups is 1. The zero-order valence-electron chi connectivity index (χ0n) is 7.61. The van der Waals surface area contributed by atoms with Gasteiger partial charge < -0.3 is 10.1 Å². The van der Waals surface area contributed by atoms with Gasteiger partial charge in [-0.3, -0.25) is 0 Å². The standard InChI is InChI=1S/C8H9N3O2.ClH/c1-13-8(12)6-4-5-2-3-9-7(5)11-10-6;/h4H,2-3H2,1H3,(H,9,11);1H. The van der Waals surface area contributed by atoms with E-state index in [-0.39, 0.29) is 18.1 Å². The van der Waals surface area contributed by atoms with Crippen LogP contribution in [0.3, 0.4) is 0 Å². The number of anilines is 1. The second kappa shape index (κ2) is 4.23. The molecule has 0 aromatic carbocycles. The molecule has 76 valence electrons. The SMILES string of the molecule is COC(=O)c1cc2c(nn1)NCC2.Cl. The van der Waals surface area contributed by atoms with E-state index in [2.05, 4.69) is 20.3 Å². The highest BCUT2D eigenvalue weighted by Crippen LogP contribution is 2.18. The maximum atomic E-state index is 11.1. The predicted molar refractivity (Wildman–Crippen MR) is 52.8 cm³/mol. The maximum Gasteiger partial charge on any atom is 0.358 e. The minimum atomic E-state index is -0.442. The average molecular weight is 216 g/mol. The van der Waals surface area contributed by atoms with Crippen LogP contribution in [0.15, 0.2) is 6.07 Å². The molecule has 0 bridgehead atoms. The third kappa shape index (κ3) is 1.77. The molecule has 0 radical (unpaired) electrons. The van der Waals surface area contributed by atoms with Gasteiger partial charge in [-0.05, 0) is 12.5 Å². The van der Waals surface area contributed by atoms with Gasteiger partial charge in [-0.25, -0.2) is 4.79 Å². The van der Waals surface area contributed by atoms with Gasteiger partial charge in [0.15, 0.2) is 11.5 Å². The number of halogens is 1. The van der Waals surface area contributed by atoms with Gasteiger partial charge in [0.05, 0.1) is 7.11 Å². The number of carbonyl (C=O) groups excluding carboxylic acids is 1. The summed E-state index contributed by atoms with van der Waals surface area (Å²) in [7, 11) is 1.33. The molecule has 1 N–H and O–H groups in total. The third-order valence-corrected chi connectivity index (χ3v) is 1.95. The van der Waals surface area contributed by atoms with Crippen LogP contribution >= 0.6 is 12.4 Å². The Hall–Kier alpha value is -1.36. The Labute approximate surface area is 87.3 Å². The molecule has 6 heteroatoms. The van der Waals surface area contributed by atoms with E-state index in [0.29, 0.717) is 0 Å². The number of aromatic nitrogens is 2. The smallest absolute Gasteiger partial charge is 0.358 e. The summed E-state index contributed by atoms with van der Waals surface area (Å²) in [4.78, 5) is 11.1. The number of fused-ring (bicyclic) bond motifs is 1. The lowest BCUT2D eigenvalue weighted by molar-refractivity contribution is 0.0592. The molecule has 5 nitrogen and oxygen atoms in total. The van der Waals surface area contributed by atoms with Crippen LogP contribution in [0.1, 0.15) is 16.1 Å². The van der Waals surface area contributed by atoms with Crippen molar-refractivity contribution in [3.05, 3.63) is 17.3 Å². The van der Waals surface area contributed by atoms with Crippen LogP contribution in [-0.2, 0) is 11.2 Å². The summed E-state index contributed by atoms with van der Waals surface area (Å²) >= 11 is 0. The van der Waals surface area contributed by atoms with E-state index in [1.807, 2.05) is 0 Å². The lowest BCUT2D eigenvalue weighted by Gasteiger charge is -1.99. The number of hydrogen-bond acceptors (Lipinski definition) is 5. The first kappa shape index (κ1) is 10.7. The molecule has 2 heterocycles. The molecule has 0 unspecified atom stereocenters.